The maximum absolute atomic E-state index is 5.79. The zero-order valence-electron chi connectivity index (χ0n) is 8.92. The molecule has 5 heteroatoms. The van der Waals surface area contributed by atoms with Gasteiger partial charge in [0.1, 0.15) is 5.52 Å². The Kier molecular flexibility index (Phi) is 1.94. The molecule has 0 unspecified atom stereocenters. The molecule has 0 aliphatic rings. The Hall–Kier alpha value is -1.88. The summed E-state index contributed by atoms with van der Waals surface area (Å²) in [6.07, 6.45) is 3.28. The molecule has 2 aromatic heterocycles. The van der Waals surface area contributed by atoms with Crippen LogP contribution in [0.25, 0.3) is 22.0 Å². The van der Waals surface area contributed by atoms with Gasteiger partial charge in [-0.05, 0) is 19.1 Å². The number of hydrogen-bond acceptors (Lipinski definition) is 4. The highest BCUT2D eigenvalue weighted by Crippen LogP contribution is 2.23. The van der Waals surface area contributed by atoms with Gasteiger partial charge < -0.3 is 10.2 Å². The van der Waals surface area contributed by atoms with Crippen molar-refractivity contribution < 1.29 is 4.42 Å². The van der Waals surface area contributed by atoms with Gasteiger partial charge >= 0.3 is 0 Å². The third kappa shape index (κ3) is 1.29. The molecule has 0 aliphatic heterocycles. The first-order valence-corrected chi connectivity index (χ1v) is 5.19. The molecule has 2 heterocycles. The highest BCUT2D eigenvalue weighted by Gasteiger charge is 2.10. The molecular weight excluding hydrogens is 204 g/mol. The Morgan fingerprint density at radius 2 is 2.38 bits per heavy atom. The van der Waals surface area contributed by atoms with Crippen LogP contribution in [-0.2, 0) is 6.54 Å². The van der Waals surface area contributed by atoms with Crippen molar-refractivity contribution in [1.82, 2.24) is 14.8 Å². The van der Waals surface area contributed by atoms with Crippen molar-refractivity contribution in [2.24, 2.45) is 5.73 Å². The van der Waals surface area contributed by atoms with Gasteiger partial charge in [0.25, 0.3) is 0 Å². The van der Waals surface area contributed by atoms with Gasteiger partial charge in [-0.2, -0.15) is 5.10 Å². The van der Waals surface area contributed by atoms with E-state index in [0.717, 1.165) is 22.0 Å². The van der Waals surface area contributed by atoms with E-state index < -0.39 is 0 Å². The Bertz CT molecular complexity index is 638. The summed E-state index contributed by atoms with van der Waals surface area (Å²) >= 11 is 0. The fourth-order valence-electron chi connectivity index (χ4n) is 1.91. The van der Waals surface area contributed by atoms with Crippen molar-refractivity contribution in [2.75, 3.05) is 0 Å². The number of nitrogens with zero attached hydrogens (tertiary/aromatic N) is 3. The summed E-state index contributed by atoms with van der Waals surface area (Å²) in [5.41, 5.74) is 8.40. The van der Waals surface area contributed by atoms with Crippen molar-refractivity contribution in [2.45, 2.75) is 19.5 Å². The van der Waals surface area contributed by atoms with Crippen LogP contribution >= 0.6 is 0 Å². The van der Waals surface area contributed by atoms with Crippen molar-refractivity contribution in [3.05, 3.63) is 24.7 Å². The number of oxazole rings is 1. The Morgan fingerprint density at radius 3 is 3.19 bits per heavy atom. The highest BCUT2D eigenvalue weighted by molar-refractivity contribution is 6.00. The monoisotopic (exact) mass is 216 g/mol. The molecule has 0 radical (unpaired) electrons. The molecule has 82 valence electrons. The van der Waals surface area contributed by atoms with E-state index in [4.69, 9.17) is 10.2 Å². The second kappa shape index (κ2) is 3.31. The number of benzene rings is 1. The van der Waals surface area contributed by atoms with Crippen molar-refractivity contribution in [1.29, 1.82) is 0 Å². The Morgan fingerprint density at radius 1 is 1.50 bits per heavy atom. The van der Waals surface area contributed by atoms with E-state index >= 15 is 0 Å². The molecule has 0 spiro atoms. The summed E-state index contributed by atoms with van der Waals surface area (Å²) in [5.74, 6) is 0. The van der Waals surface area contributed by atoms with E-state index in [2.05, 4.69) is 10.1 Å². The maximum Gasteiger partial charge on any atom is 0.182 e. The van der Waals surface area contributed by atoms with E-state index in [9.17, 15) is 0 Å². The minimum Gasteiger partial charge on any atom is -0.443 e. The van der Waals surface area contributed by atoms with E-state index in [1.165, 1.54) is 6.39 Å². The van der Waals surface area contributed by atoms with E-state index in [1.54, 1.807) is 0 Å². The molecule has 0 aliphatic carbocycles. The molecule has 0 amide bonds. The van der Waals surface area contributed by atoms with Crippen LogP contribution in [0.15, 0.2) is 29.1 Å². The molecule has 0 bridgehead atoms. The molecule has 0 fully saturated rings. The predicted octanol–water partition coefficient (Wildman–Crippen LogP) is 1.52. The standard InChI is InChI=1S/C11H12N4O/c1-7(12)5-15-11-8(4-14-15)2-3-9-10(11)13-6-16-9/h2-4,6-7H,5,12H2,1H3/t7-/m0/s1. The topological polar surface area (TPSA) is 69.9 Å². The number of nitrogens with two attached hydrogens (primary N) is 1. The van der Waals surface area contributed by atoms with Crippen molar-refractivity contribution >= 4 is 22.0 Å². The molecule has 3 aromatic rings. The molecule has 0 saturated heterocycles. The predicted molar refractivity (Wildman–Crippen MR) is 60.9 cm³/mol. The number of rotatable bonds is 2. The van der Waals surface area contributed by atoms with Crippen LogP contribution in [0.5, 0.6) is 0 Å². The number of hydrogen-bond donors (Lipinski definition) is 1. The SMILES string of the molecule is C[C@H](N)Cn1ncc2ccc3ocnc3c21. The fourth-order valence-corrected chi connectivity index (χ4v) is 1.91. The van der Waals surface area contributed by atoms with Crippen LogP contribution in [0, 0.1) is 0 Å². The summed E-state index contributed by atoms with van der Waals surface area (Å²) < 4.78 is 7.15. The first-order chi connectivity index (χ1) is 7.75. The zero-order chi connectivity index (χ0) is 11.1. The number of fused-ring (bicyclic) bond motifs is 3. The van der Waals surface area contributed by atoms with Crippen LogP contribution in [0.3, 0.4) is 0 Å². The quantitative estimate of drug-likeness (QED) is 0.705. The minimum atomic E-state index is 0.0604. The second-order valence-corrected chi connectivity index (χ2v) is 4.01. The van der Waals surface area contributed by atoms with Gasteiger partial charge in [0.15, 0.2) is 12.0 Å². The van der Waals surface area contributed by atoms with Crippen LogP contribution in [-0.4, -0.2) is 20.8 Å². The largest absolute Gasteiger partial charge is 0.443 e. The van der Waals surface area contributed by atoms with Crippen molar-refractivity contribution in [3.63, 3.8) is 0 Å². The van der Waals surface area contributed by atoms with Crippen molar-refractivity contribution in [3.8, 4) is 0 Å². The van der Waals surface area contributed by atoms with Crippen LogP contribution in [0.2, 0.25) is 0 Å². The van der Waals surface area contributed by atoms with E-state index in [1.807, 2.05) is 29.9 Å². The lowest BCUT2D eigenvalue weighted by atomic mass is 10.2. The fraction of sp³-hybridized carbons (Fsp3) is 0.273. The van der Waals surface area contributed by atoms with Crippen LogP contribution in [0.1, 0.15) is 6.92 Å². The second-order valence-electron chi connectivity index (χ2n) is 4.01. The summed E-state index contributed by atoms with van der Waals surface area (Å²) in [6, 6.07) is 3.95. The van der Waals surface area contributed by atoms with Gasteiger partial charge in [-0.1, -0.05) is 0 Å². The first kappa shape index (κ1) is 9.35. The molecule has 3 rings (SSSR count). The van der Waals surface area contributed by atoms with Crippen LogP contribution in [0.4, 0.5) is 0 Å². The summed E-state index contributed by atoms with van der Waals surface area (Å²) in [5, 5.41) is 5.38. The van der Waals surface area contributed by atoms with E-state index in [0.29, 0.717) is 6.54 Å². The highest BCUT2D eigenvalue weighted by atomic mass is 16.3. The van der Waals surface area contributed by atoms with Gasteiger partial charge in [0.2, 0.25) is 0 Å². The maximum atomic E-state index is 5.79. The summed E-state index contributed by atoms with van der Waals surface area (Å²) in [4.78, 5) is 4.22. The normalized spacial score (nSPS) is 13.6. The lowest BCUT2D eigenvalue weighted by molar-refractivity contribution is 0.554. The molecule has 1 atom stereocenters. The summed E-state index contributed by atoms with van der Waals surface area (Å²) in [7, 11) is 0. The summed E-state index contributed by atoms with van der Waals surface area (Å²) in [6.45, 7) is 2.63. The Balaban J connectivity index is 2.32. The average Bonchev–Trinajstić information content (AvgIpc) is 2.82. The molecule has 0 saturated carbocycles. The first-order valence-electron chi connectivity index (χ1n) is 5.19. The molecule has 16 heavy (non-hydrogen) atoms. The number of aromatic nitrogens is 3. The molecule has 5 nitrogen and oxygen atoms in total. The molecule has 2 N–H and O–H groups in total. The lowest BCUT2D eigenvalue weighted by Gasteiger charge is -2.06. The average molecular weight is 216 g/mol. The third-order valence-electron chi connectivity index (χ3n) is 2.56. The lowest BCUT2D eigenvalue weighted by Crippen LogP contribution is -2.22. The molecular formula is C11H12N4O. The van der Waals surface area contributed by atoms with Gasteiger partial charge in [0, 0.05) is 11.4 Å². The van der Waals surface area contributed by atoms with Gasteiger partial charge in [-0.25, -0.2) is 4.98 Å². The molecule has 1 aromatic carbocycles. The van der Waals surface area contributed by atoms with E-state index in [-0.39, 0.29) is 6.04 Å². The zero-order valence-corrected chi connectivity index (χ0v) is 8.92. The van der Waals surface area contributed by atoms with Crippen LogP contribution < -0.4 is 5.73 Å². The van der Waals surface area contributed by atoms with Gasteiger partial charge in [-0.3, -0.25) is 4.68 Å². The smallest absolute Gasteiger partial charge is 0.182 e. The Labute approximate surface area is 91.9 Å². The van der Waals surface area contributed by atoms with Gasteiger partial charge in [0.05, 0.1) is 18.3 Å². The third-order valence-corrected chi connectivity index (χ3v) is 2.56. The minimum absolute atomic E-state index is 0.0604. The van der Waals surface area contributed by atoms with Gasteiger partial charge in [-0.15, -0.1) is 0 Å².